The standard InChI is InChI=1S/C25H22N4O3S2/c1-16-28-29-25(33-16)27-24(31)22(17-7-4-3-5-8-17)34-21-10-6-9-19(15-21)26-23(30)18-11-13-20(32-2)14-12-18/h3-15,22H,1-2H3,(H,26,30)(H,27,29,31). The lowest BCUT2D eigenvalue weighted by Crippen LogP contribution is -2.19. The minimum absolute atomic E-state index is 0.194. The molecule has 2 amide bonds. The number of ether oxygens (including phenoxy) is 1. The summed E-state index contributed by atoms with van der Waals surface area (Å²) in [6.45, 7) is 1.84. The van der Waals surface area contributed by atoms with Gasteiger partial charge >= 0.3 is 0 Å². The van der Waals surface area contributed by atoms with Crippen molar-refractivity contribution in [2.75, 3.05) is 17.7 Å². The van der Waals surface area contributed by atoms with Crippen LogP contribution in [0, 0.1) is 6.92 Å². The van der Waals surface area contributed by atoms with Crippen LogP contribution in [0.25, 0.3) is 0 Å². The molecular formula is C25H22N4O3S2. The number of thioether (sulfide) groups is 1. The van der Waals surface area contributed by atoms with Gasteiger partial charge in [0, 0.05) is 16.1 Å². The van der Waals surface area contributed by atoms with Gasteiger partial charge in [0.15, 0.2) is 0 Å². The van der Waals surface area contributed by atoms with E-state index < -0.39 is 5.25 Å². The second kappa shape index (κ2) is 11.0. The summed E-state index contributed by atoms with van der Waals surface area (Å²) in [4.78, 5) is 26.6. The zero-order valence-electron chi connectivity index (χ0n) is 18.5. The molecule has 2 N–H and O–H groups in total. The van der Waals surface area contributed by atoms with Gasteiger partial charge in [0.1, 0.15) is 16.0 Å². The van der Waals surface area contributed by atoms with Crippen LogP contribution in [-0.2, 0) is 4.79 Å². The second-order valence-corrected chi connectivity index (χ2v) is 9.59. The van der Waals surface area contributed by atoms with E-state index >= 15 is 0 Å². The average Bonchev–Trinajstić information content (AvgIpc) is 3.27. The number of amides is 2. The van der Waals surface area contributed by atoms with Gasteiger partial charge in [0.25, 0.3) is 5.91 Å². The predicted octanol–water partition coefficient (Wildman–Crippen LogP) is 5.58. The monoisotopic (exact) mass is 490 g/mol. The molecule has 1 heterocycles. The highest BCUT2D eigenvalue weighted by Gasteiger charge is 2.23. The van der Waals surface area contributed by atoms with E-state index in [1.807, 2.05) is 61.5 Å². The van der Waals surface area contributed by atoms with Gasteiger partial charge in [0.05, 0.1) is 7.11 Å². The predicted molar refractivity (Wildman–Crippen MR) is 136 cm³/mol. The number of nitrogens with one attached hydrogen (secondary N) is 2. The van der Waals surface area contributed by atoms with Crippen molar-refractivity contribution < 1.29 is 14.3 Å². The van der Waals surface area contributed by atoms with Gasteiger partial charge in [-0.15, -0.1) is 22.0 Å². The number of aryl methyl sites for hydroxylation is 1. The number of aromatic nitrogens is 2. The number of carbonyl (C=O) groups is 2. The van der Waals surface area contributed by atoms with E-state index in [2.05, 4.69) is 20.8 Å². The van der Waals surface area contributed by atoms with Gasteiger partial charge in [-0.1, -0.05) is 47.7 Å². The molecular weight excluding hydrogens is 468 g/mol. The van der Waals surface area contributed by atoms with Crippen LogP contribution >= 0.6 is 23.1 Å². The summed E-state index contributed by atoms with van der Waals surface area (Å²) in [6, 6.07) is 23.8. The Morgan fingerprint density at radius 3 is 2.38 bits per heavy atom. The average molecular weight is 491 g/mol. The minimum Gasteiger partial charge on any atom is -0.497 e. The molecule has 1 aromatic heterocycles. The van der Waals surface area contributed by atoms with Crippen LogP contribution in [0.4, 0.5) is 10.8 Å². The van der Waals surface area contributed by atoms with Gasteiger partial charge in [-0.05, 0) is 55.0 Å². The zero-order valence-corrected chi connectivity index (χ0v) is 20.2. The fraction of sp³-hybridized carbons (Fsp3) is 0.120. The lowest BCUT2D eigenvalue weighted by molar-refractivity contribution is -0.115. The van der Waals surface area contributed by atoms with Crippen LogP contribution in [0.2, 0.25) is 0 Å². The number of anilines is 2. The number of rotatable bonds is 8. The number of carbonyl (C=O) groups excluding carboxylic acids is 2. The Kier molecular flexibility index (Phi) is 7.56. The summed E-state index contributed by atoms with van der Waals surface area (Å²) >= 11 is 2.72. The first-order valence-corrected chi connectivity index (χ1v) is 12.1. The molecule has 0 aliphatic rings. The van der Waals surface area contributed by atoms with E-state index in [9.17, 15) is 9.59 Å². The Morgan fingerprint density at radius 2 is 1.71 bits per heavy atom. The summed E-state index contributed by atoms with van der Waals surface area (Å²) in [5.74, 6) is 0.262. The van der Waals surface area contributed by atoms with Crippen molar-refractivity contribution in [3.63, 3.8) is 0 Å². The van der Waals surface area contributed by atoms with Gasteiger partial charge in [-0.25, -0.2) is 0 Å². The highest BCUT2D eigenvalue weighted by molar-refractivity contribution is 8.00. The summed E-state index contributed by atoms with van der Waals surface area (Å²) in [5.41, 5.74) is 2.02. The SMILES string of the molecule is COc1ccc(C(=O)Nc2cccc(SC(C(=O)Nc3nnc(C)s3)c3ccccc3)c2)cc1. The fourth-order valence-electron chi connectivity index (χ4n) is 3.15. The maximum absolute atomic E-state index is 13.2. The van der Waals surface area contributed by atoms with Crippen LogP contribution in [0.5, 0.6) is 5.75 Å². The molecule has 4 rings (SSSR count). The first-order valence-electron chi connectivity index (χ1n) is 10.4. The quantitative estimate of drug-likeness (QED) is 0.313. The van der Waals surface area contributed by atoms with E-state index in [1.165, 1.54) is 23.1 Å². The molecule has 0 spiro atoms. The van der Waals surface area contributed by atoms with Crippen molar-refractivity contribution in [3.8, 4) is 5.75 Å². The number of hydrogen-bond donors (Lipinski definition) is 2. The molecule has 1 unspecified atom stereocenters. The Labute approximate surface area is 205 Å². The Hall–Kier alpha value is -3.69. The van der Waals surface area contributed by atoms with Gasteiger partial charge in [0.2, 0.25) is 11.0 Å². The van der Waals surface area contributed by atoms with Crippen molar-refractivity contribution in [2.45, 2.75) is 17.1 Å². The van der Waals surface area contributed by atoms with E-state index in [-0.39, 0.29) is 11.8 Å². The highest BCUT2D eigenvalue weighted by Crippen LogP contribution is 2.37. The van der Waals surface area contributed by atoms with E-state index in [1.54, 1.807) is 31.4 Å². The highest BCUT2D eigenvalue weighted by atomic mass is 32.2. The van der Waals surface area contributed by atoms with Gasteiger partial charge in [-0.2, -0.15) is 0 Å². The van der Waals surface area contributed by atoms with E-state index in [0.29, 0.717) is 22.1 Å². The number of hydrogen-bond acceptors (Lipinski definition) is 7. The smallest absolute Gasteiger partial charge is 0.255 e. The van der Waals surface area contributed by atoms with Crippen LogP contribution in [-0.4, -0.2) is 29.1 Å². The molecule has 4 aromatic rings. The fourth-order valence-corrected chi connectivity index (χ4v) is 4.83. The molecule has 0 saturated carbocycles. The van der Waals surface area contributed by atoms with Crippen molar-refractivity contribution >= 4 is 45.7 Å². The lowest BCUT2D eigenvalue weighted by Gasteiger charge is -2.16. The lowest BCUT2D eigenvalue weighted by atomic mass is 10.1. The van der Waals surface area contributed by atoms with Crippen molar-refractivity contribution in [3.05, 3.63) is 95.0 Å². The summed E-state index contributed by atoms with van der Waals surface area (Å²) in [7, 11) is 1.58. The Balaban J connectivity index is 1.51. The zero-order chi connectivity index (χ0) is 23.9. The second-order valence-electron chi connectivity index (χ2n) is 7.23. The molecule has 0 saturated heterocycles. The van der Waals surface area contributed by atoms with Crippen LogP contribution in [0.15, 0.2) is 83.8 Å². The minimum atomic E-state index is -0.516. The summed E-state index contributed by atoms with van der Waals surface area (Å²) in [6.07, 6.45) is 0. The Morgan fingerprint density at radius 1 is 0.941 bits per heavy atom. The molecule has 9 heteroatoms. The molecule has 3 aromatic carbocycles. The molecule has 0 radical (unpaired) electrons. The number of methoxy groups -OCH3 is 1. The van der Waals surface area contributed by atoms with Gasteiger partial charge in [-0.3, -0.25) is 14.9 Å². The third kappa shape index (κ3) is 6.00. The molecule has 0 fully saturated rings. The normalized spacial score (nSPS) is 11.5. The van der Waals surface area contributed by atoms with Crippen LogP contribution in [0.1, 0.15) is 26.2 Å². The van der Waals surface area contributed by atoms with Crippen LogP contribution in [0.3, 0.4) is 0 Å². The topological polar surface area (TPSA) is 93.2 Å². The molecule has 0 bridgehead atoms. The number of nitrogens with zero attached hydrogens (tertiary/aromatic N) is 2. The van der Waals surface area contributed by atoms with Crippen molar-refractivity contribution in [2.24, 2.45) is 0 Å². The molecule has 172 valence electrons. The third-order valence-corrected chi connectivity index (χ3v) is 6.80. The molecule has 0 aliphatic carbocycles. The Bertz CT molecular complexity index is 1280. The first kappa shape index (κ1) is 23.5. The van der Waals surface area contributed by atoms with Crippen LogP contribution < -0.4 is 15.4 Å². The summed E-state index contributed by atoms with van der Waals surface area (Å²) in [5, 5.41) is 14.5. The molecule has 34 heavy (non-hydrogen) atoms. The van der Waals surface area contributed by atoms with E-state index in [0.717, 1.165) is 15.5 Å². The largest absolute Gasteiger partial charge is 0.497 e. The van der Waals surface area contributed by atoms with Crippen molar-refractivity contribution in [1.82, 2.24) is 10.2 Å². The third-order valence-electron chi connectivity index (χ3n) is 4.79. The van der Waals surface area contributed by atoms with Crippen molar-refractivity contribution in [1.29, 1.82) is 0 Å². The number of benzene rings is 3. The maximum Gasteiger partial charge on any atom is 0.255 e. The first-order chi connectivity index (χ1) is 16.5. The van der Waals surface area contributed by atoms with Gasteiger partial charge < -0.3 is 10.1 Å². The summed E-state index contributed by atoms with van der Waals surface area (Å²) < 4.78 is 5.14. The molecule has 1 atom stereocenters. The molecule has 7 nitrogen and oxygen atoms in total. The molecule has 0 aliphatic heterocycles. The van der Waals surface area contributed by atoms with E-state index in [4.69, 9.17) is 4.74 Å². The maximum atomic E-state index is 13.2.